The Balaban J connectivity index is 3.58. The van der Waals surface area contributed by atoms with Crippen molar-refractivity contribution in [1.29, 1.82) is 0 Å². The molecule has 0 aliphatic heterocycles. The number of Topliss-reactive ketones (excluding diaryl/α,β-unsaturated/α-hetero) is 1. The molecule has 0 spiro atoms. The molecule has 0 aromatic carbocycles. The predicted molar refractivity (Wildman–Crippen MR) is 77.7 cm³/mol. The van der Waals surface area contributed by atoms with Crippen LogP contribution < -0.4 is 0 Å². The number of aliphatic hydroxyl groups is 1. The quantitative estimate of drug-likeness (QED) is 0.493. The summed E-state index contributed by atoms with van der Waals surface area (Å²) in [4.78, 5) is 11.9. The smallest absolute Gasteiger partial charge is 0.138 e. The minimum atomic E-state index is -0.0898. The molecule has 0 aliphatic carbocycles. The molecule has 0 aliphatic rings. The first-order valence-electron chi connectivity index (χ1n) is 7.89. The van der Waals surface area contributed by atoms with E-state index in [1.165, 1.54) is 32.1 Å². The lowest BCUT2D eigenvalue weighted by Crippen LogP contribution is -2.18. The van der Waals surface area contributed by atoms with Crippen molar-refractivity contribution in [2.75, 3.05) is 6.61 Å². The van der Waals surface area contributed by atoms with Gasteiger partial charge in [0.15, 0.2) is 0 Å². The molecule has 0 saturated carbocycles. The van der Waals surface area contributed by atoms with Crippen molar-refractivity contribution < 1.29 is 9.90 Å². The average Bonchev–Trinajstić information content (AvgIpc) is 2.38. The highest BCUT2D eigenvalue weighted by Gasteiger charge is 2.16. The lowest BCUT2D eigenvalue weighted by Gasteiger charge is -2.12. The summed E-state index contributed by atoms with van der Waals surface area (Å²) < 4.78 is 0. The zero-order valence-electron chi connectivity index (χ0n) is 12.4. The van der Waals surface area contributed by atoms with Crippen LogP contribution in [0.5, 0.6) is 0 Å². The maximum absolute atomic E-state index is 11.9. The van der Waals surface area contributed by atoms with Crippen LogP contribution >= 0.6 is 0 Å². The number of hydrogen-bond donors (Lipinski definition) is 1. The summed E-state index contributed by atoms with van der Waals surface area (Å²) in [6, 6.07) is 0. The van der Waals surface area contributed by atoms with Crippen LogP contribution in [0, 0.1) is 5.92 Å². The van der Waals surface area contributed by atoms with Crippen molar-refractivity contribution in [3.05, 3.63) is 0 Å². The summed E-state index contributed by atoms with van der Waals surface area (Å²) >= 11 is 0. The Kier molecular flexibility index (Phi) is 12.8. The average molecular weight is 256 g/mol. The number of ketones is 1. The fraction of sp³-hybridized carbons (Fsp3) is 0.938. The third kappa shape index (κ3) is 9.64. The molecule has 1 atom stereocenters. The second-order valence-electron chi connectivity index (χ2n) is 5.36. The second kappa shape index (κ2) is 13.1. The van der Waals surface area contributed by atoms with Gasteiger partial charge in [0.05, 0.1) is 6.61 Å². The Morgan fingerprint density at radius 2 is 1.44 bits per heavy atom. The monoisotopic (exact) mass is 256 g/mol. The van der Waals surface area contributed by atoms with Gasteiger partial charge in [-0.3, -0.25) is 4.79 Å². The molecule has 0 radical (unpaired) electrons. The highest BCUT2D eigenvalue weighted by atomic mass is 16.3. The summed E-state index contributed by atoms with van der Waals surface area (Å²) in [7, 11) is 0. The summed E-state index contributed by atoms with van der Waals surface area (Å²) in [5.74, 6) is 0.188. The maximum atomic E-state index is 11.9. The van der Waals surface area contributed by atoms with E-state index in [-0.39, 0.29) is 18.3 Å². The molecular weight excluding hydrogens is 224 g/mol. The number of hydrogen-bond acceptors (Lipinski definition) is 2. The van der Waals surface area contributed by atoms with Crippen molar-refractivity contribution in [2.24, 2.45) is 5.92 Å². The summed E-state index contributed by atoms with van der Waals surface area (Å²) in [6.45, 7) is 4.40. The largest absolute Gasteiger partial charge is 0.396 e. The van der Waals surface area contributed by atoms with E-state index >= 15 is 0 Å². The number of unbranched alkanes of at least 4 members (excludes halogenated alkanes) is 7. The minimum absolute atomic E-state index is 0.0416. The molecule has 0 aromatic rings. The van der Waals surface area contributed by atoms with Gasteiger partial charge < -0.3 is 5.11 Å². The third-order valence-electron chi connectivity index (χ3n) is 3.61. The van der Waals surface area contributed by atoms with E-state index in [1.807, 2.05) is 0 Å². The van der Waals surface area contributed by atoms with Crippen LogP contribution in [0.1, 0.15) is 84.5 Å². The van der Waals surface area contributed by atoms with Crippen LogP contribution in [0.3, 0.4) is 0 Å². The first kappa shape index (κ1) is 17.6. The van der Waals surface area contributed by atoms with Gasteiger partial charge in [0, 0.05) is 12.3 Å². The van der Waals surface area contributed by atoms with E-state index in [0.717, 1.165) is 32.1 Å². The van der Waals surface area contributed by atoms with Crippen molar-refractivity contribution in [3.63, 3.8) is 0 Å². The fourth-order valence-corrected chi connectivity index (χ4v) is 2.28. The van der Waals surface area contributed by atoms with Crippen LogP contribution in [0.15, 0.2) is 0 Å². The Bertz CT molecular complexity index is 190. The van der Waals surface area contributed by atoms with E-state index in [1.54, 1.807) is 0 Å². The SMILES string of the molecule is CCCCCCCCC(CO)C(=O)CCCCC. The first-order valence-corrected chi connectivity index (χ1v) is 7.89. The van der Waals surface area contributed by atoms with Crippen LogP contribution in [0.2, 0.25) is 0 Å². The molecule has 0 saturated heterocycles. The van der Waals surface area contributed by atoms with Gasteiger partial charge in [-0.15, -0.1) is 0 Å². The number of carbonyl (C=O) groups is 1. The highest BCUT2D eigenvalue weighted by molar-refractivity contribution is 5.81. The van der Waals surface area contributed by atoms with Gasteiger partial charge >= 0.3 is 0 Å². The molecular formula is C16H32O2. The second-order valence-corrected chi connectivity index (χ2v) is 5.36. The van der Waals surface area contributed by atoms with Crippen LogP contribution in [-0.2, 0) is 4.79 Å². The Morgan fingerprint density at radius 3 is 2.06 bits per heavy atom. The molecule has 1 N–H and O–H groups in total. The standard InChI is InChI=1S/C16H32O2/c1-3-5-7-8-9-11-12-15(14-17)16(18)13-10-6-4-2/h15,17H,3-14H2,1-2H3. The van der Waals surface area contributed by atoms with Crippen LogP contribution in [-0.4, -0.2) is 17.5 Å². The first-order chi connectivity index (χ1) is 8.76. The fourth-order valence-electron chi connectivity index (χ4n) is 2.28. The van der Waals surface area contributed by atoms with Gasteiger partial charge in [-0.2, -0.15) is 0 Å². The molecule has 0 amide bonds. The molecule has 0 bridgehead atoms. The zero-order chi connectivity index (χ0) is 13.6. The van der Waals surface area contributed by atoms with Crippen molar-refractivity contribution in [1.82, 2.24) is 0 Å². The minimum Gasteiger partial charge on any atom is -0.396 e. The maximum Gasteiger partial charge on any atom is 0.138 e. The van der Waals surface area contributed by atoms with Gasteiger partial charge in [-0.1, -0.05) is 65.2 Å². The summed E-state index contributed by atoms with van der Waals surface area (Å²) in [5, 5.41) is 9.27. The Labute approximate surface area is 113 Å². The molecule has 0 heterocycles. The van der Waals surface area contributed by atoms with E-state index in [2.05, 4.69) is 13.8 Å². The van der Waals surface area contributed by atoms with Crippen LogP contribution in [0.25, 0.3) is 0 Å². The lowest BCUT2D eigenvalue weighted by molar-refractivity contribution is -0.124. The summed E-state index contributed by atoms with van der Waals surface area (Å²) in [6.07, 6.45) is 12.3. The van der Waals surface area contributed by atoms with Gasteiger partial charge in [-0.25, -0.2) is 0 Å². The normalized spacial score (nSPS) is 12.6. The molecule has 1 unspecified atom stereocenters. The summed E-state index contributed by atoms with van der Waals surface area (Å²) in [5.41, 5.74) is 0. The molecule has 2 nitrogen and oxygen atoms in total. The topological polar surface area (TPSA) is 37.3 Å². The van der Waals surface area contributed by atoms with E-state index in [9.17, 15) is 9.90 Å². The molecule has 18 heavy (non-hydrogen) atoms. The van der Waals surface area contributed by atoms with Crippen molar-refractivity contribution >= 4 is 5.78 Å². The van der Waals surface area contributed by atoms with Gasteiger partial charge in [0.25, 0.3) is 0 Å². The van der Waals surface area contributed by atoms with Gasteiger partial charge in [0.1, 0.15) is 5.78 Å². The molecule has 0 rings (SSSR count). The predicted octanol–water partition coefficient (Wildman–Crippen LogP) is 4.49. The van der Waals surface area contributed by atoms with Crippen LogP contribution in [0.4, 0.5) is 0 Å². The Morgan fingerprint density at radius 1 is 0.889 bits per heavy atom. The zero-order valence-corrected chi connectivity index (χ0v) is 12.4. The number of carbonyl (C=O) groups excluding carboxylic acids is 1. The van der Waals surface area contributed by atoms with Gasteiger partial charge in [0.2, 0.25) is 0 Å². The Hall–Kier alpha value is -0.370. The third-order valence-corrected chi connectivity index (χ3v) is 3.61. The van der Waals surface area contributed by atoms with E-state index in [4.69, 9.17) is 0 Å². The number of rotatable bonds is 13. The molecule has 108 valence electrons. The van der Waals surface area contributed by atoms with Crippen molar-refractivity contribution in [2.45, 2.75) is 84.5 Å². The van der Waals surface area contributed by atoms with Crippen molar-refractivity contribution in [3.8, 4) is 0 Å². The number of aliphatic hydroxyl groups excluding tert-OH is 1. The van der Waals surface area contributed by atoms with E-state index < -0.39 is 0 Å². The highest BCUT2D eigenvalue weighted by Crippen LogP contribution is 2.15. The molecule has 2 heteroatoms. The molecule has 0 fully saturated rings. The molecule has 0 aromatic heterocycles. The van der Waals surface area contributed by atoms with Gasteiger partial charge in [-0.05, 0) is 12.8 Å². The lowest BCUT2D eigenvalue weighted by atomic mass is 9.94. The van der Waals surface area contributed by atoms with E-state index in [0.29, 0.717) is 6.42 Å².